The summed E-state index contributed by atoms with van der Waals surface area (Å²) in [6.45, 7) is 3.23. The summed E-state index contributed by atoms with van der Waals surface area (Å²) in [7, 11) is 1.61. The molecule has 1 fully saturated rings. The molecule has 1 amide bonds. The fraction of sp³-hybridized carbons (Fsp3) is 0.889. The molecule has 0 unspecified atom stereocenters. The van der Waals surface area contributed by atoms with Crippen molar-refractivity contribution in [3.05, 3.63) is 0 Å². The molecule has 4 atom stereocenters. The van der Waals surface area contributed by atoms with Crippen LogP contribution in [0.4, 0.5) is 0 Å². The van der Waals surface area contributed by atoms with Gasteiger partial charge in [-0.15, -0.1) is 0 Å². The fourth-order valence-electron chi connectivity index (χ4n) is 1.66. The number of ether oxygens (including phenoxy) is 1. The molecule has 1 aliphatic rings. The van der Waals surface area contributed by atoms with Crippen LogP contribution in [0.15, 0.2) is 0 Å². The third kappa shape index (κ3) is 2.23. The summed E-state index contributed by atoms with van der Waals surface area (Å²) >= 11 is 0. The van der Waals surface area contributed by atoms with E-state index in [1.807, 2.05) is 0 Å². The summed E-state index contributed by atoms with van der Waals surface area (Å²) in [4.78, 5) is 12.5. The van der Waals surface area contributed by atoms with Gasteiger partial charge in [0, 0.05) is 14.0 Å². The van der Waals surface area contributed by atoms with E-state index in [4.69, 9.17) is 4.74 Å². The number of amides is 1. The lowest BCUT2D eigenvalue weighted by atomic mass is 9.99. The lowest BCUT2D eigenvalue weighted by Crippen LogP contribution is -2.55. The first kappa shape index (κ1) is 11.4. The van der Waals surface area contributed by atoms with Crippen molar-refractivity contribution >= 4 is 5.91 Å². The van der Waals surface area contributed by atoms with E-state index in [2.05, 4.69) is 0 Å². The van der Waals surface area contributed by atoms with Crippen molar-refractivity contribution < 1.29 is 19.7 Å². The zero-order chi connectivity index (χ0) is 10.9. The van der Waals surface area contributed by atoms with E-state index in [0.29, 0.717) is 6.42 Å². The first-order valence-electron chi connectivity index (χ1n) is 4.68. The highest BCUT2D eigenvalue weighted by molar-refractivity contribution is 5.73. The Morgan fingerprint density at radius 1 is 1.50 bits per heavy atom. The Labute approximate surface area is 83.3 Å². The smallest absolute Gasteiger partial charge is 0.219 e. The second kappa shape index (κ2) is 4.25. The highest BCUT2D eigenvalue weighted by Crippen LogP contribution is 2.22. The number of likely N-dealkylation sites (N-methyl/N-ethyl adjacent to an activating group) is 1. The van der Waals surface area contributed by atoms with Crippen molar-refractivity contribution in [3.63, 3.8) is 0 Å². The van der Waals surface area contributed by atoms with Crippen LogP contribution in [0.25, 0.3) is 0 Å². The van der Waals surface area contributed by atoms with Gasteiger partial charge in [0.25, 0.3) is 0 Å². The van der Waals surface area contributed by atoms with Crippen molar-refractivity contribution in [2.75, 3.05) is 7.05 Å². The van der Waals surface area contributed by atoms with E-state index in [1.165, 1.54) is 11.8 Å². The van der Waals surface area contributed by atoms with Gasteiger partial charge in [0.2, 0.25) is 5.91 Å². The third-order valence-corrected chi connectivity index (χ3v) is 2.63. The van der Waals surface area contributed by atoms with Crippen LogP contribution >= 0.6 is 0 Å². The second-order valence-electron chi connectivity index (χ2n) is 3.76. The van der Waals surface area contributed by atoms with Crippen LogP contribution in [0.2, 0.25) is 0 Å². The number of carbonyl (C=O) groups excluding carboxylic acids is 1. The largest absolute Gasteiger partial charge is 0.386 e. The average Bonchev–Trinajstić information content (AvgIpc) is 2.09. The molecule has 5 nitrogen and oxygen atoms in total. The summed E-state index contributed by atoms with van der Waals surface area (Å²) in [5, 5.41) is 18.9. The van der Waals surface area contributed by atoms with E-state index in [9.17, 15) is 15.0 Å². The Bertz CT molecular complexity index is 221. The number of aliphatic hydroxyl groups excluding tert-OH is 2. The van der Waals surface area contributed by atoms with Crippen LogP contribution in [0.1, 0.15) is 20.3 Å². The zero-order valence-corrected chi connectivity index (χ0v) is 8.67. The molecule has 2 N–H and O–H groups in total. The quantitative estimate of drug-likeness (QED) is 0.592. The van der Waals surface area contributed by atoms with Crippen LogP contribution < -0.4 is 0 Å². The minimum Gasteiger partial charge on any atom is -0.386 e. The molecule has 0 radical (unpaired) electrons. The summed E-state index contributed by atoms with van der Waals surface area (Å²) < 4.78 is 5.03. The van der Waals surface area contributed by atoms with E-state index >= 15 is 0 Å². The molecule has 0 aromatic carbocycles. The number of carbonyl (C=O) groups is 1. The van der Waals surface area contributed by atoms with Crippen molar-refractivity contribution in [2.24, 2.45) is 0 Å². The van der Waals surface area contributed by atoms with Crippen LogP contribution in [0.3, 0.4) is 0 Å². The van der Waals surface area contributed by atoms with Gasteiger partial charge in [-0.05, 0) is 13.3 Å². The van der Waals surface area contributed by atoms with Crippen molar-refractivity contribution in [1.29, 1.82) is 0 Å². The molecule has 1 saturated heterocycles. The summed E-state index contributed by atoms with van der Waals surface area (Å²) in [5.41, 5.74) is 0. The van der Waals surface area contributed by atoms with Crippen LogP contribution in [-0.2, 0) is 9.53 Å². The van der Waals surface area contributed by atoms with Gasteiger partial charge in [0.05, 0.1) is 12.1 Å². The van der Waals surface area contributed by atoms with Crippen LogP contribution in [-0.4, -0.2) is 52.6 Å². The van der Waals surface area contributed by atoms with Gasteiger partial charge in [-0.1, -0.05) is 0 Å². The lowest BCUT2D eigenvalue weighted by Gasteiger charge is -2.39. The Balaban J connectivity index is 2.70. The molecule has 0 saturated carbocycles. The van der Waals surface area contributed by atoms with E-state index in [0.717, 1.165) is 0 Å². The molecule has 0 aliphatic carbocycles. The second-order valence-corrected chi connectivity index (χ2v) is 3.76. The predicted octanol–water partition coefficient (Wildman–Crippen LogP) is -0.679. The standard InChI is InChI=1S/C9H17NO4/c1-5-4-7(10(3)6(2)11)8(12)9(13)14-5/h5,7-9,12-13H,4H2,1-3H3/t5-,7+,8-,9-/m1/s1. The zero-order valence-electron chi connectivity index (χ0n) is 8.67. The molecular weight excluding hydrogens is 186 g/mol. The first-order chi connectivity index (χ1) is 6.43. The van der Waals surface area contributed by atoms with Gasteiger partial charge >= 0.3 is 0 Å². The minimum atomic E-state index is -1.20. The summed E-state index contributed by atoms with van der Waals surface area (Å²) in [6.07, 6.45) is -1.85. The van der Waals surface area contributed by atoms with Crippen LogP contribution in [0.5, 0.6) is 0 Å². The van der Waals surface area contributed by atoms with Gasteiger partial charge in [-0.2, -0.15) is 0 Å². The maximum absolute atomic E-state index is 11.1. The number of aliphatic hydroxyl groups is 2. The van der Waals surface area contributed by atoms with Crippen molar-refractivity contribution in [2.45, 2.75) is 44.8 Å². The highest BCUT2D eigenvalue weighted by atomic mass is 16.6. The Hall–Kier alpha value is -0.650. The molecule has 5 heteroatoms. The number of nitrogens with zero attached hydrogens (tertiary/aromatic N) is 1. The monoisotopic (exact) mass is 203 g/mol. The van der Waals surface area contributed by atoms with Gasteiger partial charge in [0.1, 0.15) is 6.10 Å². The maximum Gasteiger partial charge on any atom is 0.219 e. The van der Waals surface area contributed by atoms with Crippen molar-refractivity contribution in [3.8, 4) is 0 Å². The van der Waals surface area contributed by atoms with Gasteiger partial charge in [-0.25, -0.2) is 0 Å². The first-order valence-corrected chi connectivity index (χ1v) is 4.68. The van der Waals surface area contributed by atoms with E-state index in [-0.39, 0.29) is 18.1 Å². The molecule has 0 spiro atoms. The molecular formula is C9H17NO4. The number of hydrogen-bond donors (Lipinski definition) is 2. The Kier molecular flexibility index (Phi) is 3.47. The predicted molar refractivity (Wildman–Crippen MR) is 49.4 cm³/mol. The molecule has 0 bridgehead atoms. The summed E-state index contributed by atoms with van der Waals surface area (Å²) in [6, 6.07) is -0.369. The highest BCUT2D eigenvalue weighted by Gasteiger charge is 2.37. The van der Waals surface area contributed by atoms with Gasteiger partial charge < -0.3 is 19.8 Å². The molecule has 1 rings (SSSR count). The molecule has 0 aromatic rings. The Morgan fingerprint density at radius 3 is 2.57 bits per heavy atom. The lowest BCUT2D eigenvalue weighted by molar-refractivity contribution is -0.230. The molecule has 82 valence electrons. The molecule has 1 heterocycles. The Morgan fingerprint density at radius 2 is 2.07 bits per heavy atom. The van der Waals surface area contributed by atoms with Gasteiger partial charge in [-0.3, -0.25) is 4.79 Å². The average molecular weight is 203 g/mol. The van der Waals surface area contributed by atoms with Gasteiger partial charge in [0.15, 0.2) is 6.29 Å². The molecule has 1 aliphatic heterocycles. The summed E-state index contributed by atoms with van der Waals surface area (Å²) in [5.74, 6) is -0.129. The molecule has 0 aromatic heterocycles. The molecule has 14 heavy (non-hydrogen) atoms. The SMILES string of the molecule is CC(=O)N(C)[C@H]1C[C@@H](C)O[C@@H](O)[C@@H]1O. The topological polar surface area (TPSA) is 70.0 Å². The van der Waals surface area contributed by atoms with E-state index in [1.54, 1.807) is 14.0 Å². The normalized spacial score (nSPS) is 38.1. The van der Waals surface area contributed by atoms with E-state index < -0.39 is 12.4 Å². The minimum absolute atomic E-state index is 0.129. The van der Waals surface area contributed by atoms with Crippen molar-refractivity contribution in [1.82, 2.24) is 4.90 Å². The number of hydrogen-bond acceptors (Lipinski definition) is 4. The fourth-order valence-corrected chi connectivity index (χ4v) is 1.66. The maximum atomic E-state index is 11.1. The van der Waals surface area contributed by atoms with Crippen LogP contribution in [0, 0.1) is 0 Å². The third-order valence-electron chi connectivity index (χ3n) is 2.63. The number of rotatable bonds is 1.